The molecule has 0 aromatic rings. The Morgan fingerprint density at radius 1 is 1.58 bits per heavy atom. The third kappa shape index (κ3) is 1.97. The minimum atomic E-state index is -0.182. The molecule has 0 unspecified atom stereocenters. The third-order valence-corrected chi connectivity index (χ3v) is 2.18. The van der Waals surface area contributed by atoms with Crippen LogP contribution in [0.2, 0.25) is 0 Å². The number of hydrogen-bond acceptors (Lipinski definition) is 2. The number of amides is 1. The van der Waals surface area contributed by atoms with Gasteiger partial charge in [0.1, 0.15) is 0 Å². The molecule has 1 aliphatic rings. The summed E-state index contributed by atoms with van der Waals surface area (Å²) in [6, 6.07) is 0.229. The molecule has 0 atom stereocenters. The van der Waals surface area contributed by atoms with E-state index in [0.29, 0.717) is 6.61 Å². The number of nitrogens with one attached hydrogen (secondary N) is 1. The molecule has 1 N–H and O–H groups in total. The third-order valence-electron chi connectivity index (χ3n) is 2.18. The van der Waals surface area contributed by atoms with E-state index in [2.05, 4.69) is 5.32 Å². The van der Waals surface area contributed by atoms with E-state index >= 15 is 0 Å². The van der Waals surface area contributed by atoms with Gasteiger partial charge < -0.3 is 10.1 Å². The zero-order valence-electron chi connectivity index (χ0n) is 8.02. The maximum atomic E-state index is 11.5. The van der Waals surface area contributed by atoms with Gasteiger partial charge in [-0.2, -0.15) is 0 Å². The van der Waals surface area contributed by atoms with Crippen molar-refractivity contribution in [1.29, 1.82) is 0 Å². The number of methoxy groups -OCH3 is 1. The quantitative estimate of drug-likeness (QED) is 0.683. The monoisotopic (exact) mass is 171 g/mol. The lowest BCUT2D eigenvalue weighted by molar-refractivity contribution is -0.128. The summed E-state index contributed by atoms with van der Waals surface area (Å²) in [4.78, 5) is 11.5. The molecule has 1 aliphatic carbocycles. The molecule has 0 saturated heterocycles. The van der Waals surface area contributed by atoms with Crippen molar-refractivity contribution >= 4 is 5.91 Å². The maximum absolute atomic E-state index is 11.5. The lowest BCUT2D eigenvalue weighted by Gasteiger charge is -2.15. The topological polar surface area (TPSA) is 38.3 Å². The Kier molecular flexibility index (Phi) is 2.73. The molecule has 1 saturated carbocycles. The van der Waals surface area contributed by atoms with Crippen LogP contribution in [0.5, 0.6) is 0 Å². The average Bonchev–Trinajstić information content (AvgIpc) is 2.68. The highest BCUT2D eigenvalue weighted by Gasteiger charge is 2.49. The Bertz CT molecular complexity index is 173. The fourth-order valence-electron chi connectivity index (χ4n) is 1.28. The lowest BCUT2D eigenvalue weighted by Crippen LogP contribution is -2.38. The molecular weight excluding hydrogens is 154 g/mol. The first-order valence-corrected chi connectivity index (χ1v) is 4.41. The van der Waals surface area contributed by atoms with Gasteiger partial charge in [-0.15, -0.1) is 0 Å². The minimum Gasteiger partial charge on any atom is -0.384 e. The average molecular weight is 171 g/mol. The summed E-state index contributed by atoms with van der Waals surface area (Å²) in [5, 5.41) is 2.91. The molecule has 0 aromatic heterocycles. The van der Waals surface area contributed by atoms with Crippen LogP contribution in [0.3, 0.4) is 0 Å². The summed E-state index contributed by atoms with van der Waals surface area (Å²) < 4.78 is 5.01. The molecule has 70 valence electrons. The first kappa shape index (κ1) is 9.52. The summed E-state index contributed by atoms with van der Waals surface area (Å²) in [5.74, 6) is 0.152. The van der Waals surface area contributed by atoms with Crippen LogP contribution in [-0.4, -0.2) is 25.7 Å². The highest BCUT2D eigenvalue weighted by Crippen LogP contribution is 2.45. The number of carbonyl (C=O) groups excluding carboxylic acids is 1. The fourth-order valence-corrected chi connectivity index (χ4v) is 1.28. The fraction of sp³-hybridized carbons (Fsp3) is 0.889. The van der Waals surface area contributed by atoms with Gasteiger partial charge in [-0.3, -0.25) is 4.79 Å². The molecule has 1 amide bonds. The Balaban J connectivity index is 2.40. The van der Waals surface area contributed by atoms with Gasteiger partial charge in [-0.05, 0) is 26.7 Å². The van der Waals surface area contributed by atoms with Crippen LogP contribution in [0.1, 0.15) is 26.7 Å². The summed E-state index contributed by atoms with van der Waals surface area (Å²) in [6.45, 7) is 4.51. The zero-order chi connectivity index (χ0) is 9.19. The van der Waals surface area contributed by atoms with Crippen LogP contribution < -0.4 is 5.32 Å². The molecule has 0 radical (unpaired) electrons. The summed E-state index contributed by atoms with van der Waals surface area (Å²) in [7, 11) is 1.64. The van der Waals surface area contributed by atoms with Crippen LogP contribution in [0.15, 0.2) is 0 Å². The molecule has 1 rings (SSSR count). The van der Waals surface area contributed by atoms with Gasteiger partial charge in [-0.25, -0.2) is 0 Å². The van der Waals surface area contributed by atoms with Crippen molar-refractivity contribution in [3.63, 3.8) is 0 Å². The second kappa shape index (κ2) is 3.44. The van der Waals surface area contributed by atoms with Gasteiger partial charge in [0.25, 0.3) is 0 Å². The van der Waals surface area contributed by atoms with Gasteiger partial charge in [-0.1, -0.05) is 0 Å². The van der Waals surface area contributed by atoms with E-state index in [-0.39, 0.29) is 17.4 Å². The van der Waals surface area contributed by atoms with Crippen molar-refractivity contribution < 1.29 is 9.53 Å². The van der Waals surface area contributed by atoms with E-state index in [4.69, 9.17) is 4.74 Å². The van der Waals surface area contributed by atoms with E-state index in [0.717, 1.165) is 12.8 Å². The van der Waals surface area contributed by atoms with Crippen LogP contribution in [0, 0.1) is 5.41 Å². The highest BCUT2D eigenvalue weighted by molar-refractivity contribution is 5.85. The van der Waals surface area contributed by atoms with Crippen LogP contribution in [0.25, 0.3) is 0 Å². The normalized spacial score (nSPS) is 19.3. The van der Waals surface area contributed by atoms with Crippen molar-refractivity contribution in [1.82, 2.24) is 5.32 Å². The first-order valence-electron chi connectivity index (χ1n) is 4.41. The Hall–Kier alpha value is -0.570. The summed E-state index contributed by atoms with van der Waals surface area (Å²) >= 11 is 0. The summed E-state index contributed by atoms with van der Waals surface area (Å²) in [5.41, 5.74) is -0.182. The van der Waals surface area contributed by atoms with Crippen molar-refractivity contribution in [2.75, 3.05) is 13.7 Å². The Morgan fingerprint density at radius 2 is 2.17 bits per heavy atom. The summed E-state index contributed by atoms with van der Waals surface area (Å²) in [6.07, 6.45) is 1.94. The maximum Gasteiger partial charge on any atom is 0.228 e. The van der Waals surface area contributed by atoms with Crippen molar-refractivity contribution in [2.45, 2.75) is 32.7 Å². The molecule has 1 fully saturated rings. The Morgan fingerprint density at radius 3 is 2.50 bits per heavy atom. The van der Waals surface area contributed by atoms with Gasteiger partial charge in [0.15, 0.2) is 0 Å². The van der Waals surface area contributed by atoms with E-state index in [1.807, 2.05) is 13.8 Å². The standard InChI is InChI=1S/C9H17NO2/c1-7(2)10-8(11)9(4-5-9)6-12-3/h7H,4-6H2,1-3H3,(H,10,11). The molecular formula is C9H17NO2. The van der Waals surface area contributed by atoms with Crippen molar-refractivity contribution in [2.24, 2.45) is 5.41 Å². The van der Waals surface area contributed by atoms with E-state index in [1.165, 1.54) is 0 Å². The minimum absolute atomic E-state index is 0.152. The molecule has 0 aliphatic heterocycles. The molecule has 0 bridgehead atoms. The molecule has 0 aromatic carbocycles. The van der Waals surface area contributed by atoms with Crippen LogP contribution in [0.4, 0.5) is 0 Å². The van der Waals surface area contributed by atoms with E-state index in [1.54, 1.807) is 7.11 Å². The molecule has 3 nitrogen and oxygen atoms in total. The number of hydrogen-bond donors (Lipinski definition) is 1. The molecule has 0 heterocycles. The van der Waals surface area contributed by atoms with Crippen molar-refractivity contribution in [3.8, 4) is 0 Å². The van der Waals surface area contributed by atoms with E-state index < -0.39 is 0 Å². The number of carbonyl (C=O) groups is 1. The second-order valence-corrected chi connectivity index (χ2v) is 3.84. The number of ether oxygens (including phenoxy) is 1. The predicted octanol–water partition coefficient (Wildman–Crippen LogP) is 0.938. The first-order chi connectivity index (χ1) is 5.60. The molecule has 3 heteroatoms. The lowest BCUT2D eigenvalue weighted by atomic mass is 10.1. The molecule has 0 spiro atoms. The van der Waals surface area contributed by atoms with Crippen LogP contribution in [-0.2, 0) is 9.53 Å². The molecule has 12 heavy (non-hydrogen) atoms. The Labute approximate surface area is 73.5 Å². The SMILES string of the molecule is COCC1(C(=O)NC(C)C)CC1. The largest absolute Gasteiger partial charge is 0.384 e. The predicted molar refractivity (Wildman–Crippen MR) is 46.8 cm³/mol. The van der Waals surface area contributed by atoms with Gasteiger partial charge >= 0.3 is 0 Å². The zero-order valence-corrected chi connectivity index (χ0v) is 8.02. The van der Waals surface area contributed by atoms with E-state index in [9.17, 15) is 4.79 Å². The highest BCUT2D eigenvalue weighted by atomic mass is 16.5. The van der Waals surface area contributed by atoms with Gasteiger partial charge in [0.2, 0.25) is 5.91 Å². The van der Waals surface area contributed by atoms with Gasteiger partial charge in [0, 0.05) is 13.2 Å². The van der Waals surface area contributed by atoms with Gasteiger partial charge in [0.05, 0.1) is 12.0 Å². The van der Waals surface area contributed by atoms with Crippen molar-refractivity contribution in [3.05, 3.63) is 0 Å². The van der Waals surface area contributed by atoms with Crippen LogP contribution >= 0.6 is 0 Å². The smallest absolute Gasteiger partial charge is 0.228 e. The number of rotatable bonds is 4. The second-order valence-electron chi connectivity index (χ2n) is 3.84.